The number of Topliss-reactive ketones (excluding diaryl/α,β-unsaturated/α-hetero) is 1. The number of anilines is 1. The Morgan fingerprint density at radius 1 is 1.06 bits per heavy atom. The van der Waals surface area contributed by atoms with E-state index >= 15 is 0 Å². The number of ether oxygens (including phenoxy) is 2. The van der Waals surface area contributed by atoms with Gasteiger partial charge in [-0.2, -0.15) is 0 Å². The molecule has 0 aromatic heterocycles. The number of carbonyl (C=O) groups excluding carboxylic acids is 2. The standard InChI is InChI=1S/C28H26ClNO5/c1-4-14-35-21-11-8-18(9-12-21)26(31)24-25(19-7-5-6-17(2)15-19)30(28(33)27(24)32)20-10-13-23(34-3)22(29)16-20/h5-13,15-16,25,31H,4,14H2,1-3H3/b26-24+. The number of aliphatic hydroxyl groups is 1. The zero-order valence-corrected chi connectivity index (χ0v) is 20.5. The summed E-state index contributed by atoms with van der Waals surface area (Å²) in [4.78, 5) is 28.0. The molecule has 180 valence electrons. The summed E-state index contributed by atoms with van der Waals surface area (Å²) in [6.45, 7) is 4.52. The molecular formula is C28H26ClNO5. The highest BCUT2D eigenvalue weighted by Gasteiger charge is 2.47. The van der Waals surface area contributed by atoms with E-state index in [0.717, 1.165) is 12.0 Å². The van der Waals surface area contributed by atoms with E-state index in [0.29, 0.717) is 39.9 Å². The van der Waals surface area contributed by atoms with Gasteiger partial charge in [0, 0.05) is 11.3 Å². The SMILES string of the molecule is CCCOc1ccc(/C(O)=C2\C(=O)C(=O)N(c3ccc(OC)c(Cl)c3)C2c2cccc(C)c2)cc1. The van der Waals surface area contributed by atoms with Crippen LogP contribution in [0.3, 0.4) is 0 Å². The number of nitrogens with zero attached hydrogens (tertiary/aromatic N) is 1. The Bertz CT molecular complexity index is 1300. The van der Waals surface area contributed by atoms with Crippen LogP contribution in [0.15, 0.2) is 72.3 Å². The van der Waals surface area contributed by atoms with Crippen LogP contribution in [-0.4, -0.2) is 30.5 Å². The molecule has 1 atom stereocenters. The monoisotopic (exact) mass is 491 g/mol. The molecule has 35 heavy (non-hydrogen) atoms. The first-order valence-corrected chi connectivity index (χ1v) is 11.7. The van der Waals surface area contributed by atoms with Crippen molar-refractivity contribution in [3.8, 4) is 11.5 Å². The van der Waals surface area contributed by atoms with Gasteiger partial charge in [-0.1, -0.05) is 48.4 Å². The topological polar surface area (TPSA) is 76.1 Å². The van der Waals surface area contributed by atoms with Gasteiger partial charge in [-0.3, -0.25) is 14.5 Å². The van der Waals surface area contributed by atoms with Gasteiger partial charge in [-0.25, -0.2) is 0 Å². The molecule has 4 rings (SSSR count). The zero-order valence-electron chi connectivity index (χ0n) is 19.7. The summed E-state index contributed by atoms with van der Waals surface area (Å²) in [5, 5.41) is 11.6. The fourth-order valence-electron chi connectivity index (χ4n) is 4.14. The van der Waals surface area contributed by atoms with Crippen molar-refractivity contribution >= 4 is 34.7 Å². The summed E-state index contributed by atoms with van der Waals surface area (Å²) in [5.41, 5.74) is 2.50. The van der Waals surface area contributed by atoms with Crippen molar-refractivity contribution in [3.05, 3.63) is 94.0 Å². The molecule has 3 aromatic rings. The van der Waals surface area contributed by atoms with E-state index in [1.807, 2.05) is 38.1 Å². The third-order valence-corrected chi connectivity index (χ3v) is 6.11. The summed E-state index contributed by atoms with van der Waals surface area (Å²) in [5.74, 6) is -0.662. The minimum atomic E-state index is -0.838. The highest BCUT2D eigenvalue weighted by atomic mass is 35.5. The minimum Gasteiger partial charge on any atom is -0.507 e. The van der Waals surface area contributed by atoms with Crippen molar-refractivity contribution in [2.75, 3.05) is 18.6 Å². The number of ketones is 1. The second kappa shape index (κ2) is 10.2. The fourth-order valence-corrected chi connectivity index (χ4v) is 4.40. The molecule has 0 aliphatic carbocycles. The number of aryl methyl sites for hydroxylation is 1. The summed E-state index contributed by atoms with van der Waals surface area (Å²) in [7, 11) is 1.50. The van der Waals surface area contributed by atoms with Crippen molar-refractivity contribution < 1.29 is 24.2 Å². The number of hydrogen-bond acceptors (Lipinski definition) is 5. The second-order valence-electron chi connectivity index (χ2n) is 8.27. The fraction of sp³-hybridized carbons (Fsp3) is 0.214. The maximum atomic E-state index is 13.3. The highest BCUT2D eigenvalue weighted by Crippen LogP contribution is 2.43. The quantitative estimate of drug-likeness (QED) is 0.246. The molecule has 1 amide bonds. The Morgan fingerprint density at radius 2 is 1.80 bits per heavy atom. The van der Waals surface area contributed by atoms with E-state index in [1.54, 1.807) is 42.5 Å². The van der Waals surface area contributed by atoms with Crippen LogP contribution in [-0.2, 0) is 9.59 Å². The summed E-state index contributed by atoms with van der Waals surface area (Å²) in [6.07, 6.45) is 0.872. The van der Waals surface area contributed by atoms with E-state index in [4.69, 9.17) is 21.1 Å². The lowest BCUT2D eigenvalue weighted by molar-refractivity contribution is -0.132. The largest absolute Gasteiger partial charge is 0.507 e. The molecule has 7 heteroatoms. The van der Waals surface area contributed by atoms with Gasteiger partial charge in [-0.15, -0.1) is 0 Å². The van der Waals surface area contributed by atoms with Crippen molar-refractivity contribution in [2.24, 2.45) is 0 Å². The lowest BCUT2D eigenvalue weighted by atomic mass is 9.94. The third kappa shape index (κ3) is 4.75. The normalized spacial score (nSPS) is 17.0. The Labute approximate surface area is 209 Å². The third-order valence-electron chi connectivity index (χ3n) is 5.82. The molecular weight excluding hydrogens is 466 g/mol. The van der Waals surface area contributed by atoms with Gasteiger partial charge in [0.2, 0.25) is 0 Å². The van der Waals surface area contributed by atoms with Gasteiger partial charge in [0.1, 0.15) is 17.3 Å². The molecule has 0 bridgehead atoms. The summed E-state index contributed by atoms with van der Waals surface area (Å²) in [6, 6.07) is 18.3. The Kier molecular flexibility index (Phi) is 7.12. The number of halogens is 1. The van der Waals surface area contributed by atoms with Gasteiger partial charge < -0.3 is 14.6 Å². The summed E-state index contributed by atoms with van der Waals surface area (Å²) >= 11 is 6.34. The predicted molar refractivity (Wildman–Crippen MR) is 136 cm³/mol. The highest BCUT2D eigenvalue weighted by molar-refractivity contribution is 6.51. The molecule has 0 radical (unpaired) electrons. The number of carbonyl (C=O) groups is 2. The predicted octanol–water partition coefficient (Wildman–Crippen LogP) is 6.07. The van der Waals surface area contributed by atoms with Crippen LogP contribution in [0.5, 0.6) is 11.5 Å². The molecule has 6 nitrogen and oxygen atoms in total. The van der Waals surface area contributed by atoms with Crippen LogP contribution in [0.2, 0.25) is 5.02 Å². The van der Waals surface area contributed by atoms with Crippen LogP contribution in [0.4, 0.5) is 5.69 Å². The number of aliphatic hydroxyl groups excluding tert-OH is 1. The first-order valence-electron chi connectivity index (χ1n) is 11.3. The van der Waals surface area contributed by atoms with E-state index in [9.17, 15) is 14.7 Å². The zero-order chi connectivity index (χ0) is 25.1. The van der Waals surface area contributed by atoms with Gasteiger partial charge in [0.05, 0.1) is 30.4 Å². The summed E-state index contributed by atoms with van der Waals surface area (Å²) < 4.78 is 10.8. The van der Waals surface area contributed by atoms with Crippen molar-refractivity contribution in [2.45, 2.75) is 26.3 Å². The van der Waals surface area contributed by atoms with Crippen LogP contribution >= 0.6 is 11.6 Å². The first kappa shape index (κ1) is 24.4. The number of amides is 1. The van der Waals surface area contributed by atoms with Crippen molar-refractivity contribution in [3.63, 3.8) is 0 Å². The number of rotatable bonds is 7. The van der Waals surface area contributed by atoms with Crippen LogP contribution in [0, 0.1) is 6.92 Å². The number of hydrogen-bond donors (Lipinski definition) is 1. The van der Waals surface area contributed by atoms with Gasteiger partial charge >= 0.3 is 0 Å². The molecule has 1 aliphatic heterocycles. The first-order chi connectivity index (χ1) is 16.8. The minimum absolute atomic E-state index is 0.00904. The number of methoxy groups -OCH3 is 1. The average molecular weight is 492 g/mol. The molecule has 3 aromatic carbocycles. The molecule has 1 unspecified atom stereocenters. The van der Waals surface area contributed by atoms with Crippen LogP contribution in [0.25, 0.3) is 5.76 Å². The van der Waals surface area contributed by atoms with Gasteiger partial charge in [0.25, 0.3) is 11.7 Å². The Morgan fingerprint density at radius 3 is 2.43 bits per heavy atom. The molecule has 1 fully saturated rings. The van der Waals surface area contributed by atoms with E-state index in [2.05, 4.69) is 0 Å². The molecule has 1 N–H and O–H groups in total. The molecule has 1 saturated heterocycles. The Balaban J connectivity index is 1.86. The molecule has 1 heterocycles. The van der Waals surface area contributed by atoms with Gasteiger partial charge in [0.15, 0.2) is 0 Å². The van der Waals surface area contributed by atoms with Crippen molar-refractivity contribution in [1.82, 2.24) is 0 Å². The Hall–Kier alpha value is -3.77. The maximum absolute atomic E-state index is 13.3. The van der Waals surface area contributed by atoms with E-state index in [1.165, 1.54) is 12.0 Å². The maximum Gasteiger partial charge on any atom is 0.300 e. The molecule has 0 saturated carbocycles. The smallest absolute Gasteiger partial charge is 0.300 e. The average Bonchev–Trinajstić information content (AvgIpc) is 3.13. The van der Waals surface area contributed by atoms with Crippen LogP contribution < -0.4 is 14.4 Å². The number of benzene rings is 3. The van der Waals surface area contributed by atoms with Crippen LogP contribution in [0.1, 0.15) is 36.1 Å². The molecule has 0 spiro atoms. The van der Waals surface area contributed by atoms with Gasteiger partial charge in [-0.05, 0) is 61.4 Å². The van der Waals surface area contributed by atoms with E-state index < -0.39 is 17.7 Å². The lowest BCUT2D eigenvalue weighted by Gasteiger charge is -2.26. The lowest BCUT2D eigenvalue weighted by Crippen LogP contribution is -2.29. The van der Waals surface area contributed by atoms with E-state index in [-0.39, 0.29) is 11.3 Å². The molecule has 1 aliphatic rings. The second-order valence-corrected chi connectivity index (χ2v) is 8.68. The van der Waals surface area contributed by atoms with Crippen molar-refractivity contribution in [1.29, 1.82) is 0 Å².